The Morgan fingerprint density at radius 2 is 2.14 bits per heavy atom. The van der Waals surface area contributed by atoms with Crippen LogP contribution < -0.4 is 10.5 Å². The predicted octanol–water partition coefficient (Wildman–Crippen LogP) is 1.87. The van der Waals surface area contributed by atoms with Crippen LogP contribution in [0.15, 0.2) is 35.4 Å². The number of nitrogens with zero attached hydrogens (tertiary/aromatic N) is 6. The number of aromatic nitrogens is 5. The van der Waals surface area contributed by atoms with Gasteiger partial charge in [0.05, 0.1) is 23.8 Å². The van der Waals surface area contributed by atoms with Gasteiger partial charge in [-0.3, -0.25) is 4.79 Å². The number of hydrogen-bond donors (Lipinski definition) is 0. The summed E-state index contributed by atoms with van der Waals surface area (Å²) < 4.78 is 8.79. The Kier molecular flexibility index (Phi) is 4.69. The molecule has 0 N–H and O–H groups in total. The smallest absolute Gasteiger partial charge is 0.266 e. The van der Waals surface area contributed by atoms with Gasteiger partial charge in [0.2, 0.25) is 0 Å². The Hall–Kier alpha value is -2.52. The topological polar surface area (TPSA) is 78.1 Å². The van der Waals surface area contributed by atoms with E-state index in [4.69, 9.17) is 9.72 Å². The van der Waals surface area contributed by atoms with Crippen LogP contribution >= 0.6 is 11.3 Å². The van der Waals surface area contributed by atoms with E-state index in [1.165, 1.54) is 10.6 Å². The Morgan fingerprint density at radius 1 is 1.25 bits per heavy atom. The van der Waals surface area contributed by atoms with Gasteiger partial charge in [0, 0.05) is 44.5 Å². The molecule has 1 fully saturated rings. The number of ether oxygens (including phenoxy) is 1. The van der Waals surface area contributed by atoms with Crippen molar-refractivity contribution in [2.45, 2.75) is 32.4 Å². The largest absolute Gasteiger partial charge is 0.375 e. The minimum absolute atomic E-state index is 0.0639. The number of piperidine rings is 1. The quantitative estimate of drug-likeness (QED) is 0.668. The third kappa shape index (κ3) is 3.47. The number of thiazole rings is 1. The minimum Gasteiger partial charge on any atom is -0.375 e. The zero-order chi connectivity index (χ0) is 18.9. The van der Waals surface area contributed by atoms with Crippen molar-refractivity contribution in [3.63, 3.8) is 0 Å². The third-order valence-corrected chi connectivity index (χ3v) is 6.52. The van der Waals surface area contributed by atoms with Gasteiger partial charge in [-0.1, -0.05) is 11.3 Å². The zero-order valence-electron chi connectivity index (χ0n) is 15.5. The molecule has 5 rings (SSSR count). The molecular weight excluding hydrogens is 376 g/mol. The van der Waals surface area contributed by atoms with Crippen molar-refractivity contribution in [2.24, 2.45) is 5.92 Å². The molecule has 0 unspecified atom stereocenters. The highest BCUT2D eigenvalue weighted by atomic mass is 32.1. The van der Waals surface area contributed by atoms with Crippen molar-refractivity contribution in [1.29, 1.82) is 0 Å². The average molecular weight is 398 g/mol. The summed E-state index contributed by atoms with van der Waals surface area (Å²) in [5, 5.41) is 9.81. The van der Waals surface area contributed by atoms with Gasteiger partial charge in [0.15, 0.2) is 10.9 Å². The summed E-state index contributed by atoms with van der Waals surface area (Å²) in [6.45, 7) is 4.04. The monoisotopic (exact) mass is 398 g/mol. The van der Waals surface area contributed by atoms with Crippen LogP contribution in [0, 0.1) is 5.92 Å². The van der Waals surface area contributed by atoms with E-state index in [1.807, 2.05) is 12.3 Å². The number of anilines is 1. The lowest BCUT2D eigenvalue weighted by Crippen LogP contribution is -2.37. The van der Waals surface area contributed by atoms with Crippen LogP contribution in [0.3, 0.4) is 0 Å². The lowest BCUT2D eigenvalue weighted by molar-refractivity contribution is 0.112. The molecular formula is C19H22N6O2S. The molecule has 1 saturated heterocycles. The van der Waals surface area contributed by atoms with Crippen LogP contribution in [0.4, 0.5) is 5.13 Å². The van der Waals surface area contributed by atoms with Crippen molar-refractivity contribution in [1.82, 2.24) is 24.5 Å². The van der Waals surface area contributed by atoms with Gasteiger partial charge in [-0.2, -0.15) is 5.10 Å². The molecule has 3 aromatic rings. The van der Waals surface area contributed by atoms with Gasteiger partial charge in [0.25, 0.3) is 5.56 Å². The third-order valence-electron chi connectivity index (χ3n) is 5.39. The molecule has 0 radical (unpaired) electrons. The summed E-state index contributed by atoms with van der Waals surface area (Å²) in [5.74, 6) is 1.10. The first-order valence-electron chi connectivity index (χ1n) is 9.66. The van der Waals surface area contributed by atoms with E-state index in [2.05, 4.69) is 15.1 Å². The molecule has 0 atom stereocenters. The summed E-state index contributed by atoms with van der Waals surface area (Å²) >= 11 is 1.76. The van der Waals surface area contributed by atoms with Gasteiger partial charge >= 0.3 is 0 Å². The maximum Gasteiger partial charge on any atom is 0.266 e. The maximum atomic E-state index is 12.3. The summed E-state index contributed by atoms with van der Waals surface area (Å²) in [5.41, 5.74) is 1.14. The van der Waals surface area contributed by atoms with Gasteiger partial charge in [-0.25, -0.2) is 14.3 Å². The van der Waals surface area contributed by atoms with Crippen LogP contribution in [0.1, 0.15) is 23.4 Å². The lowest BCUT2D eigenvalue weighted by atomic mass is 9.97. The van der Waals surface area contributed by atoms with Crippen molar-refractivity contribution in [3.8, 4) is 5.82 Å². The number of hydrogen-bond acceptors (Lipinski definition) is 7. The molecule has 0 bridgehead atoms. The fourth-order valence-electron chi connectivity index (χ4n) is 3.79. The summed E-state index contributed by atoms with van der Waals surface area (Å²) in [6, 6.07) is 5.12. The first kappa shape index (κ1) is 17.6. The molecule has 0 spiro atoms. The summed E-state index contributed by atoms with van der Waals surface area (Å²) in [6.07, 6.45) is 6.51. The Morgan fingerprint density at radius 3 is 2.93 bits per heavy atom. The normalized spacial score (nSPS) is 17.6. The fourth-order valence-corrected chi connectivity index (χ4v) is 4.89. The minimum atomic E-state index is -0.0639. The average Bonchev–Trinajstić information content (AvgIpc) is 3.40. The molecule has 28 heavy (non-hydrogen) atoms. The van der Waals surface area contributed by atoms with Crippen LogP contribution in [0.2, 0.25) is 0 Å². The van der Waals surface area contributed by atoms with E-state index in [9.17, 15) is 4.79 Å². The van der Waals surface area contributed by atoms with Gasteiger partial charge in [-0.05, 0) is 30.9 Å². The fraction of sp³-hybridized carbons (Fsp3) is 0.474. The number of rotatable bonds is 4. The van der Waals surface area contributed by atoms with E-state index < -0.39 is 0 Å². The first-order valence-corrected chi connectivity index (χ1v) is 10.5. The molecule has 0 amide bonds. The van der Waals surface area contributed by atoms with Crippen molar-refractivity contribution >= 4 is 16.5 Å². The van der Waals surface area contributed by atoms with Crippen LogP contribution in [0.25, 0.3) is 5.82 Å². The molecule has 0 saturated carbocycles. The van der Waals surface area contributed by atoms with Gasteiger partial charge in [0.1, 0.15) is 0 Å². The summed E-state index contributed by atoms with van der Waals surface area (Å²) in [4.78, 5) is 20.7. The van der Waals surface area contributed by atoms with Gasteiger partial charge < -0.3 is 9.64 Å². The standard InChI is InChI=1S/C19H22N6O2S/c26-18-3-2-17(24-8-1-7-20-24)22-25(18)12-14-4-9-23(10-5-14)19-21-15-6-11-27-13-16(15)28-19/h1-3,7-8,14H,4-6,9-13H2. The molecule has 5 heterocycles. The molecule has 3 aromatic heterocycles. The molecule has 0 aliphatic carbocycles. The van der Waals surface area contributed by atoms with E-state index in [0.29, 0.717) is 24.9 Å². The van der Waals surface area contributed by atoms with Crippen molar-refractivity contribution in [3.05, 3.63) is 51.5 Å². The maximum absolute atomic E-state index is 12.3. The van der Waals surface area contributed by atoms with E-state index in [1.54, 1.807) is 39.0 Å². The second-order valence-corrected chi connectivity index (χ2v) is 8.32. The van der Waals surface area contributed by atoms with E-state index >= 15 is 0 Å². The molecule has 146 valence electrons. The van der Waals surface area contributed by atoms with Crippen LogP contribution in [-0.4, -0.2) is 44.2 Å². The summed E-state index contributed by atoms with van der Waals surface area (Å²) in [7, 11) is 0. The molecule has 2 aliphatic rings. The lowest BCUT2D eigenvalue weighted by Gasteiger charge is -2.31. The SMILES string of the molecule is O=c1ccc(-n2cccn2)nn1CC1CCN(c2nc3c(s2)COCC3)CC1. The van der Waals surface area contributed by atoms with E-state index in [0.717, 1.165) is 44.1 Å². The Bertz CT molecular complexity index is 980. The second kappa shape index (κ2) is 7.48. The van der Waals surface area contributed by atoms with Crippen LogP contribution in [-0.2, 0) is 24.3 Å². The highest BCUT2D eigenvalue weighted by Crippen LogP contribution is 2.32. The van der Waals surface area contributed by atoms with E-state index in [-0.39, 0.29) is 5.56 Å². The predicted molar refractivity (Wildman–Crippen MR) is 106 cm³/mol. The van der Waals surface area contributed by atoms with Crippen LogP contribution in [0.5, 0.6) is 0 Å². The molecule has 9 heteroatoms. The van der Waals surface area contributed by atoms with Crippen molar-refractivity contribution < 1.29 is 4.74 Å². The first-order chi connectivity index (χ1) is 13.8. The van der Waals surface area contributed by atoms with Crippen molar-refractivity contribution in [2.75, 3.05) is 24.6 Å². The highest BCUT2D eigenvalue weighted by molar-refractivity contribution is 7.15. The molecule has 0 aromatic carbocycles. The Balaban J connectivity index is 1.25. The highest BCUT2D eigenvalue weighted by Gasteiger charge is 2.24. The number of fused-ring (bicyclic) bond motifs is 1. The molecule has 8 nitrogen and oxygen atoms in total. The Labute approximate surface area is 166 Å². The molecule has 2 aliphatic heterocycles. The zero-order valence-corrected chi connectivity index (χ0v) is 16.3. The van der Waals surface area contributed by atoms with Gasteiger partial charge in [-0.15, -0.1) is 5.10 Å². The second-order valence-electron chi connectivity index (χ2n) is 7.26.